The van der Waals surface area contributed by atoms with Crippen LogP contribution in [0.2, 0.25) is 0 Å². The summed E-state index contributed by atoms with van der Waals surface area (Å²) in [5.74, 6) is 3.03. The Hall–Kier alpha value is -6.52. The Labute approximate surface area is 292 Å². The number of hydrogen-bond acceptors (Lipinski definition) is 4. The summed E-state index contributed by atoms with van der Waals surface area (Å²) in [4.78, 5) is 0. The molecule has 3 heterocycles. The molecule has 50 heavy (non-hydrogen) atoms. The van der Waals surface area contributed by atoms with Crippen LogP contribution >= 0.6 is 0 Å². The van der Waals surface area contributed by atoms with Gasteiger partial charge in [0.25, 0.3) is 0 Å². The maximum atomic E-state index is 7.13. The molecule has 9 rings (SSSR count). The molecular weight excluding hydrogens is 613 g/mol. The largest absolute Gasteiger partial charge is 0.456 e. The minimum atomic E-state index is 0.756. The summed E-state index contributed by atoms with van der Waals surface area (Å²) in [6, 6.07) is 46.7. The Bertz CT molecular complexity index is 2200. The molecule has 240 valence electrons. The van der Waals surface area contributed by atoms with Gasteiger partial charge in [0, 0.05) is 57.9 Å². The lowest BCUT2D eigenvalue weighted by Gasteiger charge is -2.24. The lowest BCUT2D eigenvalue weighted by molar-refractivity contribution is 0.472. The number of fused-ring (bicyclic) bond motifs is 6. The van der Waals surface area contributed by atoms with Crippen LogP contribution in [0, 0.1) is 0 Å². The molecule has 4 heteroatoms. The minimum Gasteiger partial charge on any atom is -0.456 e. The van der Waals surface area contributed by atoms with Crippen LogP contribution in [0.15, 0.2) is 170 Å². The molecule has 0 atom stereocenters. The third kappa shape index (κ3) is 5.67. The fraction of sp³-hybridized carbons (Fsp3) is 0.0435. The predicted molar refractivity (Wildman–Crippen MR) is 205 cm³/mol. The average Bonchev–Trinajstić information content (AvgIpc) is 3.19. The van der Waals surface area contributed by atoms with Gasteiger partial charge in [0.05, 0.1) is 0 Å². The van der Waals surface area contributed by atoms with Gasteiger partial charge in [-0.15, -0.1) is 0 Å². The second-order valence-electron chi connectivity index (χ2n) is 12.6. The van der Waals surface area contributed by atoms with Gasteiger partial charge in [-0.1, -0.05) is 109 Å². The van der Waals surface area contributed by atoms with Crippen molar-refractivity contribution in [1.29, 1.82) is 0 Å². The second kappa shape index (κ2) is 12.8. The molecule has 3 aliphatic heterocycles. The molecule has 0 saturated heterocycles. The standard InChI is InChI=1S/C46H34N2O2/c1-3-11-31(12-4-1)33-17-21-37-38-22-18-34(32-13-5-2-6-14-32)28-44(38)50-46-30-36(42-16-8-10-26-48-42)20-24-40(46)39-23-19-35(41-15-7-9-25-47-41)29-45(39)49-43(37)27-33/h1-24,27-30,47-48H,25-26H2. The van der Waals surface area contributed by atoms with Gasteiger partial charge in [0.1, 0.15) is 23.0 Å². The summed E-state index contributed by atoms with van der Waals surface area (Å²) in [5, 5.41) is 7.02. The van der Waals surface area contributed by atoms with Crippen LogP contribution in [0.1, 0.15) is 11.1 Å². The predicted octanol–water partition coefficient (Wildman–Crippen LogP) is 11.3. The highest BCUT2D eigenvalue weighted by Crippen LogP contribution is 2.49. The Kier molecular flexibility index (Phi) is 7.60. The van der Waals surface area contributed by atoms with E-state index < -0.39 is 0 Å². The minimum absolute atomic E-state index is 0.756. The van der Waals surface area contributed by atoms with Crippen molar-refractivity contribution in [2.45, 2.75) is 0 Å². The summed E-state index contributed by atoms with van der Waals surface area (Å²) in [6.45, 7) is 1.57. The zero-order chi connectivity index (χ0) is 33.3. The van der Waals surface area contributed by atoms with E-state index >= 15 is 0 Å². The summed E-state index contributed by atoms with van der Waals surface area (Å²) in [6.07, 6.45) is 12.6. The molecule has 4 nitrogen and oxygen atoms in total. The van der Waals surface area contributed by atoms with Gasteiger partial charge in [0.15, 0.2) is 0 Å². The summed E-state index contributed by atoms with van der Waals surface area (Å²) in [7, 11) is 0. The molecule has 0 radical (unpaired) electrons. The van der Waals surface area contributed by atoms with E-state index in [0.717, 1.165) is 103 Å². The highest BCUT2D eigenvalue weighted by molar-refractivity contribution is 5.87. The van der Waals surface area contributed by atoms with Gasteiger partial charge in [-0.3, -0.25) is 0 Å². The first-order valence-electron chi connectivity index (χ1n) is 17.0. The Balaban J connectivity index is 1.29. The second-order valence-corrected chi connectivity index (χ2v) is 12.6. The number of dihydropyridines is 2. The third-order valence-electron chi connectivity index (χ3n) is 9.40. The van der Waals surface area contributed by atoms with Gasteiger partial charge < -0.3 is 20.1 Å². The maximum Gasteiger partial charge on any atom is 0.136 e. The topological polar surface area (TPSA) is 42.5 Å². The number of benzene rings is 6. The molecule has 0 fully saturated rings. The fourth-order valence-corrected chi connectivity index (χ4v) is 6.83. The quantitative estimate of drug-likeness (QED) is 0.200. The van der Waals surface area contributed by atoms with Gasteiger partial charge >= 0.3 is 0 Å². The van der Waals surface area contributed by atoms with E-state index in [1.165, 1.54) is 0 Å². The zero-order valence-electron chi connectivity index (χ0n) is 27.4. The van der Waals surface area contributed by atoms with Gasteiger partial charge in [-0.05, 0) is 82.9 Å². The monoisotopic (exact) mass is 646 g/mol. The van der Waals surface area contributed by atoms with E-state index in [1.807, 2.05) is 12.1 Å². The molecule has 0 spiro atoms. The van der Waals surface area contributed by atoms with E-state index in [1.54, 1.807) is 0 Å². The van der Waals surface area contributed by atoms with Crippen molar-refractivity contribution < 1.29 is 9.47 Å². The maximum absolute atomic E-state index is 7.13. The molecule has 3 aliphatic rings. The number of allylic oxidation sites excluding steroid dienone is 4. The van der Waals surface area contributed by atoms with E-state index in [0.29, 0.717) is 0 Å². The average molecular weight is 647 g/mol. The van der Waals surface area contributed by atoms with Gasteiger partial charge in [-0.2, -0.15) is 0 Å². The van der Waals surface area contributed by atoms with Crippen LogP contribution < -0.4 is 20.1 Å². The molecule has 0 aliphatic carbocycles. The highest BCUT2D eigenvalue weighted by atomic mass is 16.5. The molecule has 0 saturated carbocycles. The van der Waals surface area contributed by atoms with Crippen molar-refractivity contribution in [3.05, 3.63) is 181 Å². The van der Waals surface area contributed by atoms with Crippen LogP contribution in [-0.2, 0) is 0 Å². The van der Waals surface area contributed by atoms with Crippen molar-refractivity contribution in [2.24, 2.45) is 0 Å². The Morgan fingerprint density at radius 3 is 1.08 bits per heavy atom. The van der Waals surface area contributed by atoms with Crippen LogP contribution in [0.5, 0.6) is 23.0 Å². The SMILES string of the molecule is C1=CCNC(c2ccc3c(c2)Oc2cc(-c4ccccc4)ccc2-c2ccc(-c4ccccc4)cc2Oc2cc(C4=CC=CCN4)ccc2-3)=C1. The molecule has 0 aromatic heterocycles. The van der Waals surface area contributed by atoms with E-state index in [2.05, 4.69) is 168 Å². The van der Waals surface area contributed by atoms with Gasteiger partial charge in [0.2, 0.25) is 0 Å². The highest BCUT2D eigenvalue weighted by Gasteiger charge is 2.23. The third-order valence-corrected chi connectivity index (χ3v) is 9.40. The fourth-order valence-electron chi connectivity index (χ4n) is 6.83. The summed E-state index contributed by atoms with van der Waals surface area (Å²) < 4.78 is 14.3. The van der Waals surface area contributed by atoms with Crippen molar-refractivity contribution in [3.8, 4) is 67.5 Å². The Morgan fingerprint density at radius 1 is 0.360 bits per heavy atom. The van der Waals surface area contributed by atoms with Crippen molar-refractivity contribution in [1.82, 2.24) is 10.6 Å². The first kappa shape index (κ1) is 29.6. The van der Waals surface area contributed by atoms with Crippen molar-refractivity contribution in [3.63, 3.8) is 0 Å². The van der Waals surface area contributed by atoms with E-state index in [9.17, 15) is 0 Å². The first-order chi connectivity index (χ1) is 24.8. The Morgan fingerprint density at radius 2 is 0.720 bits per heavy atom. The lowest BCUT2D eigenvalue weighted by Crippen LogP contribution is -2.14. The number of hydrogen-bond donors (Lipinski definition) is 2. The number of ether oxygens (including phenoxy) is 2. The molecule has 6 aromatic rings. The summed E-state index contributed by atoms with van der Waals surface area (Å²) in [5.41, 5.74) is 12.5. The summed E-state index contributed by atoms with van der Waals surface area (Å²) >= 11 is 0. The zero-order valence-corrected chi connectivity index (χ0v) is 27.4. The smallest absolute Gasteiger partial charge is 0.136 e. The molecular formula is C46H34N2O2. The van der Waals surface area contributed by atoms with Gasteiger partial charge in [-0.25, -0.2) is 0 Å². The van der Waals surface area contributed by atoms with E-state index in [-0.39, 0.29) is 0 Å². The van der Waals surface area contributed by atoms with Crippen LogP contribution in [0.25, 0.3) is 55.9 Å². The van der Waals surface area contributed by atoms with Crippen molar-refractivity contribution in [2.75, 3.05) is 13.1 Å². The van der Waals surface area contributed by atoms with Crippen molar-refractivity contribution >= 4 is 11.4 Å². The molecule has 6 aromatic carbocycles. The normalized spacial score (nSPS) is 14.2. The van der Waals surface area contributed by atoms with E-state index in [4.69, 9.17) is 9.47 Å². The number of rotatable bonds is 4. The van der Waals surface area contributed by atoms with Crippen LogP contribution in [0.4, 0.5) is 0 Å². The first-order valence-corrected chi connectivity index (χ1v) is 17.0. The van der Waals surface area contributed by atoms with Crippen LogP contribution in [-0.4, -0.2) is 13.1 Å². The molecule has 0 amide bonds. The molecule has 0 bridgehead atoms. The molecule has 0 unspecified atom stereocenters. The van der Waals surface area contributed by atoms with Crippen LogP contribution in [0.3, 0.4) is 0 Å². The molecule has 2 N–H and O–H groups in total. The lowest BCUT2D eigenvalue weighted by atomic mass is 9.94. The number of nitrogens with one attached hydrogen (secondary N) is 2.